The molecule has 4 rings (SSSR count). The molecule has 4 aromatic rings. The lowest BCUT2D eigenvalue weighted by molar-refractivity contribution is 0.359. The molecule has 2 aromatic heterocycles. The Bertz CT molecular complexity index is 1190. The van der Waals surface area contributed by atoms with Crippen LogP contribution < -0.4 is 9.47 Å². The molecule has 29 heavy (non-hydrogen) atoms. The molecule has 2 aromatic carbocycles. The van der Waals surface area contributed by atoms with Crippen LogP contribution in [0.3, 0.4) is 0 Å². The molecule has 0 radical (unpaired) electrons. The van der Waals surface area contributed by atoms with Crippen LogP contribution in [0.15, 0.2) is 48.7 Å². The lowest BCUT2D eigenvalue weighted by Gasteiger charge is -2.14. The van der Waals surface area contributed by atoms with Gasteiger partial charge in [0.1, 0.15) is 11.3 Å². The summed E-state index contributed by atoms with van der Waals surface area (Å²) in [7, 11) is 2.61. The Morgan fingerprint density at radius 3 is 2.14 bits per heavy atom. The predicted molar refractivity (Wildman–Crippen MR) is 106 cm³/mol. The lowest BCUT2D eigenvalue weighted by Crippen LogP contribution is -2.02. The Hall–Kier alpha value is -3.61. The number of fused-ring (bicyclic) bond motifs is 1. The molecule has 0 saturated carbocycles. The molecule has 2 heterocycles. The second kappa shape index (κ2) is 7.43. The SMILES string of the molecule is COc1cc(OC)c(F)c(-c2cc3cnc(C)nc3c(-c3ccccc3)n2)c1F. The van der Waals surface area contributed by atoms with Gasteiger partial charge in [-0.25, -0.2) is 23.7 Å². The highest BCUT2D eigenvalue weighted by molar-refractivity contribution is 5.94. The first-order valence-electron chi connectivity index (χ1n) is 8.83. The predicted octanol–water partition coefficient (Wildman–Crippen LogP) is 4.96. The van der Waals surface area contributed by atoms with Crippen molar-refractivity contribution in [3.63, 3.8) is 0 Å². The number of benzene rings is 2. The van der Waals surface area contributed by atoms with Crippen LogP contribution in [-0.4, -0.2) is 29.2 Å². The number of nitrogens with zero attached hydrogens (tertiary/aromatic N) is 3. The van der Waals surface area contributed by atoms with Crippen molar-refractivity contribution in [2.75, 3.05) is 14.2 Å². The van der Waals surface area contributed by atoms with E-state index in [-0.39, 0.29) is 22.8 Å². The zero-order valence-electron chi connectivity index (χ0n) is 16.0. The van der Waals surface area contributed by atoms with Gasteiger partial charge in [-0.15, -0.1) is 0 Å². The number of aromatic nitrogens is 3. The van der Waals surface area contributed by atoms with Crippen LogP contribution in [0.4, 0.5) is 8.78 Å². The van der Waals surface area contributed by atoms with Gasteiger partial charge in [-0.05, 0) is 13.0 Å². The summed E-state index contributed by atoms with van der Waals surface area (Å²) in [5.74, 6) is -1.41. The highest BCUT2D eigenvalue weighted by Gasteiger charge is 2.24. The molecule has 0 aliphatic heterocycles. The maximum Gasteiger partial charge on any atom is 0.177 e. The molecule has 146 valence electrons. The first kappa shape index (κ1) is 18.7. The summed E-state index contributed by atoms with van der Waals surface area (Å²) in [6.07, 6.45) is 1.61. The monoisotopic (exact) mass is 393 g/mol. The third-order valence-electron chi connectivity index (χ3n) is 4.56. The summed E-state index contributed by atoms with van der Waals surface area (Å²) in [6, 6.07) is 12.0. The number of halogens is 2. The number of rotatable bonds is 4. The summed E-state index contributed by atoms with van der Waals surface area (Å²) < 4.78 is 40.2. The number of aryl methyl sites for hydroxylation is 1. The van der Waals surface area contributed by atoms with E-state index in [0.29, 0.717) is 22.4 Å². The van der Waals surface area contributed by atoms with Crippen molar-refractivity contribution in [2.24, 2.45) is 0 Å². The van der Waals surface area contributed by atoms with E-state index in [9.17, 15) is 0 Å². The largest absolute Gasteiger partial charge is 0.494 e. The Morgan fingerprint density at radius 2 is 1.52 bits per heavy atom. The molecule has 0 fully saturated rings. The van der Waals surface area contributed by atoms with Crippen LogP contribution in [0.5, 0.6) is 11.5 Å². The third-order valence-corrected chi connectivity index (χ3v) is 4.56. The average molecular weight is 393 g/mol. The summed E-state index contributed by atoms with van der Waals surface area (Å²) in [5.41, 5.74) is 1.64. The fraction of sp³-hybridized carbons (Fsp3) is 0.136. The van der Waals surface area contributed by atoms with Crippen LogP contribution >= 0.6 is 0 Å². The van der Waals surface area contributed by atoms with Gasteiger partial charge < -0.3 is 9.47 Å². The van der Waals surface area contributed by atoms with Crippen molar-refractivity contribution < 1.29 is 18.3 Å². The van der Waals surface area contributed by atoms with Crippen molar-refractivity contribution in [1.29, 1.82) is 0 Å². The van der Waals surface area contributed by atoms with Gasteiger partial charge in [0.2, 0.25) is 0 Å². The van der Waals surface area contributed by atoms with Crippen molar-refractivity contribution >= 4 is 10.9 Å². The van der Waals surface area contributed by atoms with E-state index < -0.39 is 11.6 Å². The second-order valence-electron chi connectivity index (χ2n) is 6.36. The molecule has 0 saturated heterocycles. The van der Waals surface area contributed by atoms with Gasteiger partial charge in [-0.2, -0.15) is 0 Å². The standard InChI is InChI=1S/C22H17F2N3O2/c1-12-25-11-14-9-15(18-19(23)16(28-2)10-17(29-3)20(18)24)27-21(22(14)26-12)13-7-5-4-6-8-13/h4-11H,1-3H3. The first-order valence-corrected chi connectivity index (χ1v) is 8.83. The second-order valence-corrected chi connectivity index (χ2v) is 6.36. The van der Waals surface area contributed by atoms with E-state index in [2.05, 4.69) is 15.0 Å². The Morgan fingerprint density at radius 1 is 0.862 bits per heavy atom. The van der Waals surface area contributed by atoms with Gasteiger partial charge in [0.05, 0.1) is 31.2 Å². The normalized spacial score (nSPS) is 10.9. The lowest BCUT2D eigenvalue weighted by atomic mass is 10.0. The van der Waals surface area contributed by atoms with E-state index in [4.69, 9.17) is 9.47 Å². The quantitative estimate of drug-likeness (QED) is 0.490. The average Bonchev–Trinajstić information content (AvgIpc) is 2.74. The van der Waals surface area contributed by atoms with Gasteiger partial charge >= 0.3 is 0 Å². The molecular formula is C22H17F2N3O2. The molecule has 0 aliphatic rings. The minimum absolute atomic E-state index is 0.0935. The van der Waals surface area contributed by atoms with Crippen molar-refractivity contribution in [3.8, 4) is 34.0 Å². The molecule has 0 unspecified atom stereocenters. The Balaban J connectivity index is 2.08. The van der Waals surface area contributed by atoms with Crippen LogP contribution in [0.1, 0.15) is 5.82 Å². The molecule has 0 amide bonds. The van der Waals surface area contributed by atoms with Crippen molar-refractivity contribution in [2.45, 2.75) is 6.92 Å². The molecular weight excluding hydrogens is 376 g/mol. The minimum atomic E-state index is -0.857. The fourth-order valence-corrected chi connectivity index (χ4v) is 3.16. The molecule has 5 nitrogen and oxygen atoms in total. The first-order chi connectivity index (χ1) is 14.0. The maximum absolute atomic E-state index is 15.0. The van der Waals surface area contributed by atoms with Crippen molar-refractivity contribution in [1.82, 2.24) is 15.0 Å². The van der Waals surface area contributed by atoms with E-state index in [0.717, 1.165) is 5.56 Å². The molecule has 0 atom stereocenters. The number of hydrogen-bond acceptors (Lipinski definition) is 5. The maximum atomic E-state index is 15.0. The fourth-order valence-electron chi connectivity index (χ4n) is 3.16. The number of pyridine rings is 1. The van der Waals surface area contributed by atoms with Gasteiger partial charge in [0.25, 0.3) is 0 Å². The summed E-state index contributed by atoms with van der Waals surface area (Å²) >= 11 is 0. The molecule has 0 aliphatic carbocycles. The van der Waals surface area contributed by atoms with E-state index >= 15 is 8.78 Å². The van der Waals surface area contributed by atoms with E-state index in [1.807, 2.05) is 30.3 Å². The van der Waals surface area contributed by atoms with Gasteiger partial charge in [-0.3, -0.25) is 0 Å². The van der Waals surface area contributed by atoms with Crippen LogP contribution in [-0.2, 0) is 0 Å². The Labute approximate surface area is 166 Å². The summed E-state index contributed by atoms with van der Waals surface area (Å²) in [4.78, 5) is 13.3. The molecule has 7 heteroatoms. The zero-order chi connectivity index (χ0) is 20.5. The third kappa shape index (κ3) is 3.24. The smallest absolute Gasteiger partial charge is 0.177 e. The summed E-state index contributed by atoms with van der Waals surface area (Å²) in [6.45, 7) is 1.77. The highest BCUT2D eigenvalue weighted by Crippen LogP contribution is 2.39. The van der Waals surface area contributed by atoms with E-state index in [1.165, 1.54) is 20.3 Å². The number of hydrogen-bond donors (Lipinski definition) is 0. The summed E-state index contributed by atoms with van der Waals surface area (Å²) in [5, 5.41) is 0.611. The van der Waals surface area contributed by atoms with Crippen LogP contribution in [0, 0.1) is 18.6 Å². The van der Waals surface area contributed by atoms with Gasteiger partial charge in [0.15, 0.2) is 23.1 Å². The molecule has 0 spiro atoms. The van der Waals surface area contributed by atoms with Crippen molar-refractivity contribution in [3.05, 3.63) is 66.1 Å². The topological polar surface area (TPSA) is 57.1 Å². The number of ether oxygens (including phenoxy) is 2. The van der Waals surface area contributed by atoms with E-state index in [1.54, 1.807) is 19.2 Å². The Kier molecular flexibility index (Phi) is 4.80. The minimum Gasteiger partial charge on any atom is -0.494 e. The number of methoxy groups -OCH3 is 2. The van der Waals surface area contributed by atoms with Gasteiger partial charge in [0, 0.05) is 23.2 Å². The van der Waals surface area contributed by atoms with Crippen LogP contribution in [0.2, 0.25) is 0 Å². The zero-order valence-corrected chi connectivity index (χ0v) is 16.0. The molecule has 0 bridgehead atoms. The highest BCUT2D eigenvalue weighted by atomic mass is 19.1. The van der Waals surface area contributed by atoms with Crippen LogP contribution in [0.25, 0.3) is 33.4 Å². The van der Waals surface area contributed by atoms with Gasteiger partial charge in [-0.1, -0.05) is 30.3 Å². The molecule has 0 N–H and O–H groups in total.